The maximum Gasteiger partial charge on any atom is 0.231 e. The first kappa shape index (κ1) is 15.6. The topological polar surface area (TPSA) is 69.1 Å². The Bertz CT molecular complexity index is 799. The maximum atomic E-state index is 12.8. The molecule has 1 heterocycles. The average Bonchev–Trinajstić information content (AvgIpc) is 2.71. The number of amides is 1. The van der Waals surface area contributed by atoms with Gasteiger partial charge in [-0.05, 0) is 47.7 Å². The third-order valence-corrected chi connectivity index (χ3v) is 4.42. The Balaban J connectivity index is 2.09. The number of carbonyl (C=O) groups excluding carboxylic acids is 1. The second-order valence-corrected chi connectivity index (χ2v) is 6.25. The molecule has 0 unspecified atom stereocenters. The van der Waals surface area contributed by atoms with Crippen LogP contribution in [0.15, 0.2) is 52.1 Å². The summed E-state index contributed by atoms with van der Waals surface area (Å²) in [6.45, 7) is 0.164. The molecule has 0 aliphatic carbocycles. The number of hydrogen-bond donors (Lipinski definition) is 0. The van der Waals surface area contributed by atoms with Crippen molar-refractivity contribution in [2.75, 3.05) is 11.4 Å². The Kier molecular flexibility index (Phi) is 4.65. The minimum atomic E-state index is -0.0638. The summed E-state index contributed by atoms with van der Waals surface area (Å²) in [5.74, 6) is -0.0638. The minimum Gasteiger partial charge on any atom is -0.280 e. The fourth-order valence-electron chi connectivity index (χ4n) is 2.87. The van der Waals surface area contributed by atoms with Gasteiger partial charge in [0.25, 0.3) is 0 Å². The summed E-state index contributed by atoms with van der Waals surface area (Å²) in [4.78, 5) is 17.3. The molecule has 0 radical (unpaired) electrons. The molecule has 0 spiro atoms. The number of para-hydroxylation sites is 1. The monoisotopic (exact) mass is 370 g/mol. The van der Waals surface area contributed by atoms with Gasteiger partial charge in [-0.3, -0.25) is 9.69 Å². The molecule has 1 aliphatic rings. The Labute approximate surface area is 142 Å². The van der Waals surface area contributed by atoms with E-state index in [0.717, 1.165) is 39.8 Å². The molecule has 23 heavy (non-hydrogen) atoms. The third-order valence-electron chi connectivity index (χ3n) is 3.92. The molecule has 1 aliphatic heterocycles. The zero-order valence-corrected chi connectivity index (χ0v) is 14.0. The van der Waals surface area contributed by atoms with Crippen molar-refractivity contribution in [1.29, 1.82) is 0 Å². The van der Waals surface area contributed by atoms with Crippen molar-refractivity contribution < 1.29 is 4.79 Å². The highest BCUT2D eigenvalue weighted by Crippen LogP contribution is 2.37. The fourth-order valence-corrected chi connectivity index (χ4v) is 3.22. The van der Waals surface area contributed by atoms with Crippen molar-refractivity contribution >= 4 is 33.2 Å². The van der Waals surface area contributed by atoms with E-state index in [2.05, 4.69) is 38.1 Å². The molecule has 0 saturated heterocycles. The van der Waals surface area contributed by atoms with Crippen molar-refractivity contribution in [3.8, 4) is 0 Å². The zero-order chi connectivity index (χ0) is 16.2. The van der Waals surface area contributed by atoms with Crippen LogP contribution >= 0.6 is 15.9 Å². The lowest BCUT2D eigenvalue weighted by Crippen LogP contribution is -2.27. The summed E-state index contributed by atoms with van der Waals surface area (Å²) >= 11 is 3.49. The number of azide groups is 1. The van der Waals surface area contributed by atoms with E-state index in [1.54, 1.807) is 4.90 Å². The Hall–Kier alpha value is -2.30. The number of halogens is 1. The molecule has 0 atom stereocenters. The standard InChI is InChI=1S/C17H15BrN4O/c18-14-8-7-13-6-5-12-3-1-2-4-15(12)22(16(13)11-14)17(23)9-10-20-21-19/h1-4,7-8,11H,5-6,9-10H2. The summed E-state index contributed by atoms with van der Waals surface area (Å²) in [6.07, 6.45) is 1.97. The number of nitrogens with zero attached hydrogens (tertiary/aromatic N) is 4. The van der Waals surface area contributed by atoms with E-state index in [1.807, 2.05) is 30.3 Å². The highest BCUT2D eigenvalue weighted by molar-refractivity contribution is 9.10. The lowest BCUT2D eigenvalue weighted by Gasteiger charge is -2.25. The number of rotatable bonds is 3. The van der Waals surface area contributed by atoms with Crippen LogP contribution in [0, 0.1) is 0 Å². The summed E-state index contributed by atoms with van der Waals surface area (Å²) in [5.41, 5.74) is 12.5. The smallest absolute Gasteiger partial charge is 0.231 e. The number of hydrogen-bond acceptors (Lipinski definition) is 2. The van der Waals surface area contributed by atoms with Crippen molar-refractivity contribution in [3.05, 3.63) is 68.5 Å². The molecule has 1 amide bonds. The first-order chi connectivity index (χ1) is 11.2. The van der Waals surface area contributed by atoms with Gasteiger partial charge in [0.15, 0.2) is 0 Å². The summed E-state index contributed by atoms with van der Waals surface area (Å²) < 4.78 is 0.934. The van der Waals surface area contributed by atoms with Crippen LogP contribution in [0.4, 0.5) is 11.4 Å². The number of aryl methyl sites for hydroxylation is 2. The predicted octanol–water partition coefficient (Wildman–Crippen LogP) is 4.91. The first-order valence-electron chi connectivity index (χ1n) is 7.41. The molecule has 0 saturated carbocycles. The van der Waals surface area contributed by atoms with Crippen LogP contribution in [-0.2, 0) is 17.6 Å². The molecular formula is C17H15BrN4O. The van der Waals surface area contributed by atoms with Gasteiger partial charge in [0, 0.05) is 22.4 Å². The molecule has 0 N–H and O–H groups in total. The van der Waals surface area contributed by atoms with Crippen molar-refractivity contribution in [2.45, 2.75) is 19.3 Å². The summed E-state index contributed by atoms with van der Waals surface area (Å²) in [6, 6.07) is 14.0. The maximum absolute atomic E-state index is 12.8. The van der Waals surface area contributed by atoms with Gasteiger partial charge in [0.05, 0.1) is 11.4 Å². The van der Waals surface area contributed by atoms with Crippen molar-refractivity contribution in [2.24, 2.45) is 5.11 Å². The van der Waals surface area contributed by atoms with E-state index in [4.69, 9.17) is 5.53 Å². The van der Waals surface area contributed by atoms with Crippen LogP contribution in [0.5, 0.6) is 0 Å². The second-order valence-electron chi connectivity index (χ2n) is 5.34. The number of fused-ring (bicyclic) bond motifs is 2. The van der Waals surface area contributed by atoms with E-state index in [0.29, 0.717) is 0 Å². The Morgan fingerprint density at radius 3 is 2.70 bits per heavy atom. The van der Waals surface area contributed by atoms with Crippen LogP contribution < -0.4 is 4.90 Å². The zero-order valence-electron chi connectivity index (χ0n) is 12.4. The molecule has 2 aromatic rings. The van der Waals surface area contributed by atoms with E-state index < -0.39 is 0 Å². The molecule has 0 aromatic heterocycles. The van der Waals surface area contributed by atoms with Crippen LogP contribution in [0.1, 0.15) is 17.5 Å². The van der Waals surface area contributed by atoms with Crippen LogP contribution in [-0.4, -0.2) is 12.5 Å². The highest BCUT2D eigenvalue weighted by Gasteiger charge is 2.25. The van der Waals surface area contributed by atoms with Crippen molar-refractivity contribution in [3.63, 3.8) is 0 Å². The van der Waals surface area contributed by atoms with Gasteiger partial charge in [-0.15, -0.1) is 0 Å². The van der Waals surface area contributed by atoms with Gasteiger partial charge in [0.2, 0.25) is 5.91 Å². The van der Waals surface area contributed by atoms with Crippen LogP contribution in [0.2, 0.25) is 0 Å². The molecular weight excluding hydrogens is 356 g/mol. The highest BCUT2D eigenvalue weighted by atomic mass is 79.9. The molecule has 0 fully saturated rings. The number of carbonyl (C=O) groups is 1. The Morgan fingerprint density at radius 2 is 1.91 bits per heavy atom. The predicted molar refractivity (Wildman–Crippen MR) is 93.8 cm³/mol. The molecule has 2 aromatic carbocycles. The largest absolute Gasteiger partial charge is 0.280 e. The third kappa shape index (κ3) is 3.23. The first-order valence-corrected chi connectivity index (χ1v) is 8.20. The molecule has 0 bridgehead atoms. The SMILES string of the molecule is [N-]=[N+]=NCCC(=O)N1c2ccccc2CCc2ccc(Br)cc21. The van der Waals surface area contributed by atoms with Crippen LogP contribution in [0.3, 0.4) is 0 Å². The number of benzene rings is 2. The quantitative estimate of drug-likeness (QED) is 0.429. The summed E-state index contributed by atoms with van der Waals surface area (Å²) in [7, 11) is 0. The average molecular weight is 371 g/mol. The minimum absolute atomic E-state index is 0.0638. The van der Waals surface area contributed by atoms with E-state index >= 15 is 0 Å². The fraction of sp³-hybridized carbons (Fsp3) is 0.235. The van der Waals surface area contributed by atoms with Gasteiger partial charge in [-0.1, -0.05) is 45.3 Å². The van der Waals surface area contributed by atoms with Gasteiger partial charge in [-0.2, -0.15) is 0 Å². The normalized spacial score (nSPS) is 12.7. The molecule has 6 heteroatoms. The van der Waals surface area contributed by atoms with E-state index in [9.17, 15) is 4.79 Å². The van der Waals surface area contributed by atoms with Gasteiger partial charge in [-0.25, -0.2) is 0 Å². The van der Waals surface area contributed by atoms with Crippen LogP contribution in [0.25, 0.3) is 10.4 Å². The molecule has 3 rings (SSSR count). The van der Waals surface area contributed by atoms with Gasteiger partial charge >= 0.3 is 0 Å². The van der Waals surface area contributed by atoms with E-state index in [-0.39, 0.29) is 18.9 Å². The lowest BCUT2D eigenvalue weighted by atomic mass is 10.0. The Morgan fingerprint density at radius 1 is 1.17 bits per heavy atom. The summed E-state index contributed by atoms with van der Waals surface area (Å²) in [5, 5.41) is 3.48. The molecule has 116 valence electrons. The van der Waals surface area contributed by atoms with Gasteiger partial charge < -0.3 is 0 Å². The second kappa shape index (κ2) is 6.86. The molecule has 5 nitrogen and oxygen atoms in total. The number of anilines is 2. The van der Waals surface area contributed by atoms with Gasteiger partial charge in [0.1, 0.15) is 0 Å². The lowest BCUT2D eigenvalue weighted by molar-refractivity contribution is -0.117. The van der Waals surface area contributed by atoms with Crippen molar-refractivity contribution in [1.82, 2.24) is 0 Å². The van der Waals surface area contributed by atoms with E-state index in [1.165, 1.54) is 0 Å².